The van der Waals surface area contributed by atoms with Crippen LogP contribution in [0.2, 0.25) is 0 Å². The molecule has 0 aliphatic carbocycles. The summed E-state index contributed by atoms with van der Waals surface area (Å²) in [6.07, 6.45) is 1.14. The molecule has 3 N–H and O–H groups in total. The lowest BCUT2D eigenvalue weighted by Crippen LogP contribution is -2.23. The van der Waals surface area contributed by atoms with Crippen LogP contribution in [0.5, 0.6) is 0 Å². The second-order valence-electron chi connectivity index (χ2n) is 6.51. The molecule has 5 heteroatoms. The Labute approximate surface area is 130 Å². The number of rotatable bonds is 5. The summed E-state index contributed by atoms with van der Waals surface area (Å²) in [6, 6.07) is 9.84. The predicted molar refractivity (Wildman–Crippen MR) is 86.7 cm³/mol. The van der Waals surface area contributed by atoms with Crippen molar-refractivity contribution in [1.29, 1.82) is 0 Å². The molecular formula is C17H23N3O2. The molecule has 1 aromatic heterocycles. The fraction of sp³-hybridized carbons (Fsp3) is 0.412. The fourth-order valence-electron chi connectivity index (χ4n) is 2.18. The van der Waals surface area contributed by atoms with Crippen molar-refractivity contribution in [2.75, 3.05) is 0 Å². The minimum absolute atomic E-state index is 0.0260. The quantitative estimate of drug-likeness (QED) is 0.792. The predicted octanol–water partition coefficient (Wildman–Crippen LogP) is 2.25. The van der Waals surface area contributed by atoms with E-state index in [0.717, 1.165) is 5.56 Å². The van der Waals surface area contributed by atoms with Crippen LogP contribution in [0.25, 0.3) is 0 Å². The number of carbonyl (C=O) groups is 1. The van der Waals surface area contributed by atoms with Gasteiger partial charge >= 0.3 is 0 Å². The van der Waals surface area contributed by atoms with Gasteiger partial charge in [-0.1, -0.05) is 45.0 Å². The highest BCUT2D eigenvalue weighted by molar-refractivity contribution is 5.76. The van der Waals surface area contributed by atoms with E-state index in [9.17, 15) is 9.59 Å². The lowest BCUT2D eigenvalue weighted by Gasteiger charge is -2.19. The maximum Gasteiger partial charge on any atom is 0.264 e. The number of H-pyrrole nitrogens is 2. The molecular weight excluding hydrogens is 278 g/mol. The molecule has 1 aromatic carbocycles. The van der Waals surface area contributed by atoms with Crippen molar-refractivity contribution >= 4 is 5.91 Å². The summed E-state index contributed by atoms with van der Waals surface area (Å²) < 4.78 is 0. The first-order chi connectivity index (χ1) is 10.3. The maximum absolute atomic E-state index is 11.8. The number of hydrogen-bond acceptors (Lipinski definition) is 2. The number of carbonyl (C=O) groups excluding carboxylic acids is 1. The van der Waals surface area contributed by atoms with Crippen LogP contribution in [-0.2, 0) is 23.2 Å². The van der Waals surface area contributed by atoms with Gasteiger partial charge in [-0.25, -0.2) is 0 Å². The number of nitrogens with one attached hydrogen (secondary N) is 3. The number of aryl methyl sites for hydroxylation is 1. The average Bonchev–Trinajstić information content (AvgIpc) is 2.88. The van der Waals surface area contributed by atoms with Crippen molar-refractivity contribution in [1.82, 2.24) is 15.5 Å². The molecule has 0 atom stereocenters. The van der Waals surface area contributed by atoms with Gasteiger partial charge in [0, 0.05) is 12.5 Å². The molecule has 0 unspecified atom stereocenters. The van der Waals surface area contributed by atoms with Crippen molar-refractivity contribution in [3.63, 3.8) is 0 Å². The first-order valence-corrected chi connectivity index (χ1v) is 7.47. The lowest BCUT2D eigenvalue weighted by atomic mass is 9.86. The van der Waals surface area contributed by atoms with Crippen LogP contribution in [0.4, 0.5) is 0 Å². The lowest BCUT2D eigenvalue weighted by molar-refractivity contribution is -0.121. The number of hydrogen-bond donors (Lipinski definition) is 3. The van der Waals surface area contributed by atoms with E-state index in [2.05, 4.69) is 60.6 Å². The molecule has 0 aliphatic rings. The molecule has 0 fully saturated rings. The number of aromatic amines is 2. The third-order valence-corrected chi connectivity index (χ3v) is 3.59. The fourth-order valence-corrected chi connectivity index (χ4v) is 2.18. The van der Waals surface area contributed by atoms with Gasteiger partial charge in [0.05, 0.1) is 12.2 Å². The van der Waals surface area contributed by atoms with Crippen molar-refractivity contribution in [3.05, 3.63) is 57.5 Å². The Bertz CT molecular complexity index is 675. The van der Waals surface area contributed by atoms with Gasteiger partial charge < -0.3 is 10.4 Å². The van der Waals surface area contributed by atoms with Gasteiger partial charge in [-0.15, -0.1) is 0 Å². The van der Waals surface area contributed by atoms with E-state index >= 15 is 0 Å². The van der Waals surface area contributed by atoms with Crippen molar-refractivity contribution in [2.24, 2.45) is 0 Å². The monoisotopic (exact) mass is 301 g/mol. The number of aromatic nitrogens is 2. The average molecular weight is 301 g/mol. The summed E-state index contributed by atoms with van der Waals surface area (Å²) in [5.74, 6) is -0.0260. The third kappa shape index (κ3) is 4.62. The summed E-state index contributed by atoms with van der Waals surface area (Å²) in [4.78, 5) is 22.8. The van der Waals surface area contributed by atoms with Gasteiger partial charge in [0.1, 0.15) is 0 Å². The van der Waals surface area contributed by atoms with E-state index in [1.165, 1.54) is 11.6 Å². The van der Waals surface area contributed by atoms with Crippen molar-refractivity contribution in [2.45, 2.75) is 45.6 Å². The Morgan fingerprint density at radius 1 is 1.14 bits per heavy atom. The van der Waals surface area contributed by atoms with E-state index in [1.54, 1.807) is 0 Å². The molecule has 1 amide bonds. The highest BCUT2D eigenvalue weighted by atomic mass is 16.1. The second kappa shape index (κ2) is 6.64. The summed E-state index contributed by atoms with van der Waals surface area (Å²) in [7, 11) is 0. The molecule has 0 saturated carbocycles. The van der Waals surface area contributed by atoms with Gasteiger partial charge in [-0.3, -0.25) is 14.7 Å². The standard InChI is InChI=1S/C17H23N3O2/c1-17(2,3)13-7-4-12(5-8-13)6-9-15(21)18-11-14-10-16(22)20-19-14/h4-5,7-8,10H,6,9,11H2,1-3H3,(H,18,21)(H2,19,20,22). The molecule has 118 valence electrons. The Morgan fingerprint density at radius 3 is 2.36 bits per heavy atom. The molecule has 2 aromatic rings. The molecule has 22 heavy (non-hydrogen) atoms. The summed E-state index contributed by atoms with van der Waals surface area (Å²) in [6.45, 7) is 6.88. The zero-order valence-electron chi connectivity index (χ0n) is 13.3. The van der Waals surface area contributed by atoms with Crippen molar-refractivity contribution in [3.8, 4) is 0 Å². The van der Waals surface area contributed by atoms with Gasteiger partial charge in [0.15, 0.2) is 0 Å². The van der Waals surface area contributed by atoms with Crippen LogP contribution >= 0.6 is 0 Å². The Hall–Kier alpha value is -2.30. The van der Waals surface area contributed by atoms with Gasteiger partial charge in [0.25, 0.3) is 5.56 Å². The topological polar surface area (TPSA) is 77.8 Å². The molecule has 0 bridgehead atoms. The Kier molecular flexibility index (Phi) is 4.85. The molecule has 5 nitrogen and oxygen atoms in total. The van der Waals surface area contributed by atoms with Crippen LogP contribution in [0, 0.1) is 0 Å². The van der Waals surface area contributed by atoms with E-state index in [1.807, 2.05) is 0 Å². The van der Waals surface area contributed by atoms with Crippen LogP contribution in [0.15, 0.2) is 35.1 Å². The number of benzene rings is 1. The van der Waals surface area contributed by atoms with Crippen molar-refractivity contribution < 1.29 is 4.79 Å². The van der Waals surface area contributed by atoms with Gasteiger partial charge in [0.2, 0.25) is 5.91 Å². The van der Waals surface area contributed by atoms with Crippen LogP contribution in [-0.4, -0.2) is 16.1 Å². The van der Waals surface area contributed by atoms with Crippen LogP contribution < -0.4 is 10.9 Å². The van der Waals surface area contributed by atoms with Gasteiger partial charge in [-0.05, 0) is 23.0 Å². The van der Waals surface area contributed by atoms with Crippen LogP contribution in [0.1, 0.15) is 44.0 Å². The zero-order chi connectivity index (χ0) is 16.2. The third-order valence-electron chi connectivity index (χ3n) is 3.59. The van der Waals surface area contributed by atoms with E-state index in [4.69, 9.17) is 0 Å². The molecule has 1 heterocycles. The first-order valence-electron chi connectivity index (χ1n) is 7.47. The summed E-state index contributed by atoms with van der Waals surface area (Å²) in [5.41, 5.74) is 3.06. The maximum atomic E-state index is 11.8. The molecule has 2 rings (SSSR count). The minimum atomic E-state index is -0.191. The highest BCUT2D eigenvalue weighted by Crippen LogP contribution is 2.22. The smallest absolute Gasteiger partial charge is 0.264 e. The minimum Gasteiger partial charge on any atom is -0.350 e. The normalized spacial score (nSPS) is 11.4. The van der Waals surface area contributed by atoms with E-state index in [0.29, 0.717) is 25.1 Å². The summed E-state index contributed by atoms with van der Waals surface area (Å²) >= 11 is 0. The largest absolute Gasteiger partial charge is 0.350 e. The van der Waals surface area contributed by atoms with E-state index < -0.39 is 0 Å². The first kappa shape index (κ1) is 16.1. The highest BCUT2D eigenvalue weighted by Gasteiger charge is 2.13. The zero-order valence-corrected chi connectivity index (χ0v) is 13.3. The molecule has 0 spiro atoms. The summed E-state index contributed by atoms with van der Waals surface area (Å²) in [5, 5.41) is 7.93. The molecule has 0 radical (unpaired) electrons. The van der Waals surface area contributed by atoms with Gasteiger partial charge in [-0.2, -0.15) is 0 Å². The Balaban J connectivity index is 1.79. The van der Waals surface area contributed by atoms with Crippen LogP contribution in [0.3, 0.4) is 0 Å². The molecule has 0 aliphatic heterocycles. The Morgan fingerprint density at radius 2 is 1.82 bits per heavy atom. The second-order valence-corrected chi connectivity index (χ2v) is 6.51. The number of amides is 1. The van der Waals surface area contributed by atoms with E-state index in [-0.39, 0.29) is 16.9 Å². The SMILES string of the molecule is CC(C)(C)c1ccc(CCC(=O)NCc2cc(=O)[nH][nH]2)cc1. The molecule has 0 saturated heterocycles.